The molecule has 1 fully saturated rings. The van der Waals surface area contributed by atoms with Crippen molar-refractivity contribution in [2.45, 2.75) is 19.8 Å². The Morgan fingerprint density at radius 3 is 2.30 bits per heavy atom. The number of ether oxygens (including phenoxy) is 2. The van der Waals surface area contributed by atoms with Crippen molar-refractivity contribution in [3.63, 3.8) is 0 Å². The molecule has 1 aromatic carbocycles. The molecule has 1 aliphatic rings. The van der Waals surface area contributed by atoms with Crippen molar-refractivity contribution < 1.29 is 19.1 Å². The second-order valence-electron chi connectivity index (χ2n) is 6.48. The summed E-state index contributed by atoms with van der Waals surface area (Å²) in [4.78, 5) is 30.9. The minimum Gasteiger partial charge on any atom is -0.497 e. The molecule has 0 unspecified atom stereocenters. The van der Waals surface area contributed by atoms with Crippen molar-refractivity contribution in [3.8, 4) is 5.75 Å². The first kappa shape index (κ1) is 18.9. The topological polar surface area (TPSA) is 68.7 Å². The van der Waals surface area contributed by atoms with Crippen LogP contribution in [0, 0.1) is 5.92 Å². The summed E-state index contributed by atoms with van der Waals surface area (Å²) in [6.45, 7) is 3.64. The number of esters is 1. The number of methoxy groups -OCH3 is 1. The summed E-state index contributed by atoms with van der Waals surface area (Å²) in [5, 5.41) is 0. The molecule has 1 aromatic heterocycles. The van der Waals surface area contributed by atoms with E-state index < -0.39 is 0 Å². The van der Waals surface area contributed by atoms with E-state index in [1.165, 1.54) is 0 Å². The first-order valence-corrected chi connectivity index (χ1v) is 9.18. The summed E-state index contributed by atoms with van der Waals surface area (Å²) in [6.07, 6.45) is 3.11. The van der Waals surface area contributed by atoms with Gasteiger partial charge in [0.2, 0.25) is 0 Å². The van der Waals surface area contributed by atoms with Gasteiger partial charge in [0.05, 0.1) is 19.3 Å². The van der Waals surface area contributed by atoms with E-state index >= 15 is 0 Å². The predicted molar refractivity (Wildman–Crippen MR) is 102 cm³/mol. The number of aromatic nitrogens is 1. The minimum absolute atomic E-state index is 0.0217. The van der Waals surface area contributed by atoms with Gasteiger partial charge in [0, 0.05) is 30.8 Å². The number of hydrogen-bond donors (Lipinski definition) is 0. The number of Topliss-reactive ketones (excluding diaryl/α,β-unsaturated/α-hetero) is 1. The van der Waals surface area contributed by atoms with E-state index in [1.54, 1.807) is 26.3 Å². The Balaban J connectivity index is 1.58. The normalized spacial score (nSPS) is 14.7. The maximum Gasteiger partial charge on any atom is 0.339 e. The average molecular weight is 368 g/mol. The molecule has 0 N–H and O–H groups in total. The van der Waals surface area contributed by atoms with Gasteiger partial charge in [0.25, 0.3) is 0 Å². The van der Waals surface area contributed by atoms with Crippen LogP contribution in [-0.4, -0.2) is 43.5 Å². The van der Waals surface area contributed by atoms with E-state index in [9.17, 15) is 9.59 Å². The minimum atomic E-state index is -0.361. The second-order valence-corrected chi connectivity index (χ2v) is 6.48. The third kappa shape index (κ3) is 4.45. The van der Waals surface area contributed by atoms with E-state index in [0.29, 0.717) is 12.2 Å². The number of carbonyl (C=O) groups is 2. The third-order valence-corrected chi connectivity index (χ3v) is 4.82. The number of carbonyl (C=O) groups excluding carboxylic acids is 2. The van der Waals surface area contributed by atoms with E-state index in [2.05, 4.69) is 9.88 Å². The fraction of sp³-hybridized carbons (Fsp3) is 0.381. The van der Waals surface area contributed by atoms with Gasteiger partial charge in [-0.05, 0) is 56.2 Å². The van der Waals surface area contributed by atoms with Crippen LogP contribution in [0.15, 0.2) is 42.6 Å². The Hall–Kier alpha value is -2.89. The zero-order chi connectivity index (χ0) is 19.2. The van der Waals surface area contributed by atoms with Gasteiger partial charge >= 0.3 is 5.97 Å². The fourth-order valence-corrected chi connectivity index (χ4v) is 3.27. The van der Waals surface area contributed by atoms with Gasteiger partial charge in [-0.25, -0.2) is 9.78 Å². The Morgan fingerprint density at radius 2 is 1.74 bits per heavy atom. The molecule has 6 nitrogen and oxygen atoms in total. The van der Waals surface area contributed by atoms with E-state index in [1.807, 2.05) is 30.3 Å². The lowest BCUT2D eigenvalue weighted by atomic mass is 9.89. The van der Waals surface area contributed by atoms with Crippen LogP contribution in [0.3, 0.4) is 0 Å². The first-order chi connectivity index (χ1) is 13.1. The van der Waals surface area contributed by atoms with Crippen LogP contribution in [0.4, 0.5) is 5.82 Å². The lowest BCUT2D eigenvalue weighted by Crippen LogP contribution is -2.36. The summed E-state index contributed by atoms with van der Waals surface area (Å²) in [5.74, 6) is 1.41. The number of ketones is 1. The van der Waals surface area contributed by atoms with Crippen molar-refractivity contribution in [1.29, 1.82) is 0 Å². The SMILES string of the molecule is CCOC(=O)c1ccc(N2CCC(C(=O)c3ccc(OC)cc3)CC2)nc1. The molecule has 142 valence electrons. The molecular formula is C21H24N2O4. The quantitative estimate of drug-likeness (QED) is 0.575. The highest BCUT2D eigenvalue weighted by molar-refractivity contribution is 5.98. The van der Waals surface area contributed by atoms with Crippen molar-refractivity contribution >= 4 is 17.6 Å². The van der Waals surface area contributed by atoms with Gasteiger partial charge in [-0.15, -0.1) is 0 Å². The van der Waals surface area contributed by atoms with E-state index in [-0.39, 0.29) is 17.7 Å². The molecule has 2 aromatic rings. The molecule has 1 saturated heterocycles. The van der Waals surface area contributed by atoms with Crippen LogP contribution in [0.5, 0.6) is 5.75 Å². The van der Waals surface area contributed by atoms with Gasteiger partial charge in [0.1, 0.15) is 11.6 Å². The first-order valence-electron chi connectivity index (χ1n) is 9.18. The zero-order valence-electron chi connectivity index (χ0n) is 15.7. The fourth-order valence-electron chi connectivity index (χ4n) is 3.27. The highest BCUT2D eigenvalue weighted by Crippen LogP contribution is 2.25. The summed E-state index contributed by atoms with van der Waals surface area (Å²) < 4.78 is 10.1. The van der Waals surface area contributed by atoms with Crippen LogP contribution in [0.2, 0.25) is 0 Å². The summed E-state index contributed by atoms with van der Waals surface area (Å²) in [6, 6.07) is 10.8. The molecule has 0 atom stereocenters. The van der Waals surface area contributed by atoms with Crippen LogP contribution < -0.4 is 9.64 Å². The molecule has 0 saturated carbocycles. The summed E-state index contributed by atoms with van der Waals surface area (Å²) >= 11 is 0. The van der Waals surface area contributed by atoms with Gasteiger partial charge in [-0.3, -0.25) is 4.79 Å². The maximum absolute atomic E-state index is 12.7. The number of anilines is 1. The predicted octanol–water partition coefficient (Wildman–Crippen LogP) is 3.37. The molecule has 1 aliphatic heterocycles. The lowest BCUT2D eigenvalue weighted by Gasteiger charge is -2.32. The average Bonchev–Trinajstić information content (AvgIpc) is 2.74. The van der Waals surface area contributed by atoms with Crippen molar-refractivity contribution in [1.82, 2.24) is 4.98 Å². The Morgan fingerprint density at radius 1 is 1.07 bits per heavy atom. The van der Waals surface area contributed by atoms with Gasteiger partial charge in [0.15, 0.2) is 5.78 Å². The highest BCUT2D eigenvalue weighted by atomic mass is 16.5. The van der Waals surface area contributed by atoms with Gasteiger partial charge < -0.3 is 14.4 Å². The molecule has 6 heteroatoms. The lowest BCUT2D eigenvalue weighted by molar-refractivity contribution is 0.0525. The molecule has 27 heavy (non-hydrogen) atoms. The zero-order valence-corrected chi connectivity index (χ0v) is 15.7. The van der Waals surface area contributed by atoms with E-state index in [0.717, 1.165) is 43.1 Å². The van der Waals surface area contributed by atoms with Gasteiger partial charge in [-0.1, -0.05) is 0 Å². The standard InChI is InChI=1S/C21H24N2O4/c1-3-27-21(25)17-6-9-19(22-14-17)23-12-10-16(11-13-23)20(24)15-4-7-18(26-2)8-5-15/h4-9,14,16H,3,10-13H2,1-2H3. The molecule has 0 spiro atoms. The maximum atomic E-state index is 12.7. The Kier molecular flexibility index (Phi) is 6.06. The number of rotatable bonds is 6. The van der Waals surface area contributed by atoms with Crippen LogP contribution in [0.1, 0.15) is 40.5 Å². The Labute approximate surface area is 159 Å². The van der Waals surface area contributed by atoms with E-state index in [4.69, 9.17) is 9.47 Å². The highest BCUT2D eigenvalue weighted by Gasteiger charge is 2.26. The Bertz CT molecular complexity index is 779. The van der Waals surface area contributed by atoms with Crippen molar-refractivity contribution in [2.75, 3.05) is 31.7 Å². The van der Waals surface area contributed by atoms with Crippen LogP contribution in [-0.2, 0) is 4.74 Å². The van der Waals surface area contributed by atoms with Crippen LogP contribution >= 0.6 is 0 Å². The van der Waals surface area contributed by atoms with Gasteiger partial charge in [-0.2, -0.15) is 0 Å². The summed E-state index contributed by atoms with van der Waals surface area (Å²) in [5.41, 5.74) is 1.18. The molecule has 0 radical (unpaired) electrons. The second kappa shape index (κ2) is 8.66. The number of piperidine rings is 1. The molecule has 3 rings (SSSR count). The molecular weight excluding hydrogens is 344 g/mol. The molecule has 0 amide bonds. The number of nitrogens with zero attached hydrogens (tertiary/aromatic N) is 2. The largest absolute Gasteiger partial charge is 0.497 e. The smallest absolute Gasteiger partial charge is 0.339 e. The monoisotopic (exact) mass is 368 g/mol. The molecule has 2 heterocycles. The van der Waals surface area contributed by atoms with Crippen molar-refractivity contribution in [3.05, 3.63) is 53.7 Å². The molecule has 0 aliphatic carbocycles. The summed E-state index contributed by atoms with van der Waals surface area (Å²) in [7, 11) is 1.61. The number of hydrogen-bond acceptors (Lipinski definition) is 6. The van der Waals surface area contributed by atoms with Crippen molar-refractivity contribution in [2.24, 2.45) is 5.92 Å². The molecule has 0 bridgehead atoms. The van der Waals surface area contributed by atoms with Crippen LogP contribution in [0.25, 0.3) is 0 Å². The third-order valence-electron chi connectivity index (χ3n) is 4.82. The number of pyridine rings is 1. The number of benzene rings is 1.